The molecule has 0 bridgehead atoms. The van der Waals surface area contributed by atoms with Crippen LogP contribution in [-0.4, -0.2) is 59.7 Å². The van der Waals surface area contributed by atoms with Gasteiger partial charge in [-0.3, -0.25) is 14.5 Å². The second kappa shape index (κ2) is 9.08. The fraction of sp³-hybridized carbons (Fsp3) is 0.385. The lowest BCUT2D eigenvalue weighted by Crippen LogP contribution is -2.43. The predicted octanol–water partition coefficient (Wildman–Crippen LogP) is 4.26. The maximum absolute atomic E-state index is 13.7. The molecule has 0 aromatic heterocycles. The average molecular weight is 452 g/mol. The van der Waals surface area contributed by atoms with Crippen molar-refractivity contribution < 1.29 is 9.59 Å². The summed E-state index contributed by atoms with van der Waals surface area (Å²) >= 11 is 6.35. The molecule has 0 radical (unpaired) electrons. The van der Waals surface area contributed by atoms with Crippen LogP contribution in [0.4, 0.5) is 0 Å². The molecule has 4 rings (SSSR count). The zero-order valence-corrected chi connectivity index (χ0v) is 19.9. The monoisotopic (exact) mass is 451 g/mol. The van der Waals surface area contributed by atoms with Crippen LogP contribution in [0.3, 0.4) is 0 Å². The second-order valence-electron chi connectivity index (χ2n) is 8.98. The van der Waals surface area contributed by atoms with Gasteiger partial charge in [-0.25, -0.2) is 0 Å². The predicted molar refractivity (Wildman–Crippen MR) is 128 cm³/mol. The first-order chi connectivity index (χ1) is 15.3. The molecule has 32 heavy (non-hydrogen) atoms. The van der Waals surface area contributed by atoms with Gasteiger partial charge in [-0.05, 0) is 69.6 Å². The molecule has 0 unspecified atom stereocenters. The molecule has 0 spiro atoms. The molecule has 1 fully saturated rings. The number of piperidine rings is 1. The van der Waals surface area contributed by atoms with Crippen LogP contribution in [0.2, 0.25) is 5.02 Å². The van der Waals surface area contributed by atoms with E-state index in [1.165, 1.54) is 4.90 Å². The number of carbonyl (C=O) groups excluding carboxylic acids is 2. The van der Waals surface area contributed by atoms with E-state index < -0.39 is 0 Å². The summed E-state index contributed by atoms with van der Waals surface area (Å²) in [6, 6.07) is 13.6. The Labute approximate surface area is 195 Å². The van der Waals surface area contributed by atoms with E-state index in [1.54, 1.807) is 6.07 Å². The number of carbonyl (C=O) groups is 2. The number of likely N-dealkylation sites (N-methyl/N-ethyl adjacent to an activating group) is 1. The minimum absolute atomic E-state index is 0.163. The minimum atomic E-state index is -0.253. The lowest BCUT2D eigenvalue weighted by atomic mass is 9.96. The van der Waals surface area contributed by atoms with Crippen LogP contribution in [-0.2, 0) is 16.1 Å². The molecule has 2 heterocycles. The van der Waals surface area contributed by atoms with E-state index in [-0.39, 0.29) is 24.4 Å². The van der Waals surface area contributed by atoms with Gasteiger partial charge < -0.3 is 9.80 Å². The number of imide groups is 1. The molecule has 2 amide bonds. The van der Waals surface area contributed by atoms with E-state index in [0.29, 0.717) is 16.3 Å². The number of benzene rings is 2. The Morgan fingerprint density at radius 1 is 1.03 bits per heavy atom. The fourth-order valence-corrected chi connectivity index (χ4v) is 4.93. The first-order valence-electron chi connectivity index (χ1n) is 11.1. The molecular weight excluding hydrogens is 422 g/mol. The van der Waals surface area contributed by atoms with Gasteiger partial charge in [0.2, 0.25) is 0 Å². The van der Waals surface area contributed by atoms with Crippen LogP contribution in [0.15, 0.2) is 48.2 Å². The molecule has 0 saturated carbocycles. The number of nitrogens with zero attached hydrogens (tertiary/aromatic N) is 3. The van der Waals surface area contributed by atoms with Crippen LogP contribution >= 0.6 is 11.6 Å². The Morgan fingerprint density at radius 3 is 2.38 bits per heavy atom. The van der Waals surface area contributed by atoms with E-state index in [2.05, 4.69) is 22.9 Å². The molecule has 0 aliphatic carbocycles. The molecule has 2 aliphatic rings. The van der Waals surface area contributed by atoms with Gasteiger partial charge in [0.25, 0.3) is 11.8 Å². The highest BCUT2D eigenvalue weighted by Crippen LogP contribution is 2.36. The summed E-state index contributed by atoms with van der Waals surface area (Å²) in [4.78, 5) is 33.1. The summed E-state index contributed by atoms with van der Waals surface area (Å²) in [5, 5.41) is 0.554. The number of rotatable bonds is 5. The molecule has 1 saturated heterocycles. The van der Waals surface area contributed by atoms with Gasteiger partial charge >= 0.3 is 0 Å². The van der Waals surface area contributed by atoms with Gasteiger partial charge in [0.15, 0.2) is 0 Å². The molecule has 5 nitrogen and oxygen atoms in total. The summed E-state index contributed by atoms with van der Waals surface area (Å²) in [5.41, 5.74) is 4.71. The fourth-order valence-electron chi connectivity index (χ4n) is 4.73. The SMILES string of the molecule is Cc1ccc(C2=C(N(C)C3CCN(C)CC3)C(=O)N(Cc3ccccc3Cl)C2=O)c(C)c1. The second-order valence-corrected chi connectivity index (χ2v) is 9.38. The summed E-state index contributed by atoms with van der Waals surface area (Å²) in [7, 11) is 4.07. The molecular formula is C26H30ClN3O2. The van der Waals surface area contributed by atoms with E-state index in [0.717, 1.165) is 48.2 Å². The summed E-state index contributed by atoms with van der Waals surface area (Å²) in [6.07, 6.45) is 1.92. The molecule has 0 N–H and O–H groups in total. The number of hydrogen-bond donors (Lipinski definition) is 0. The van der Waals surface area contributed by atoms with Crippen molar-refractivity contribution in [3.8, 4) is 0 Å². The van der Waals surface area contributed by atoms with Gasteiger partial charge in [-0.15, -0.1) is 0 Å². The highest BCUT2D eigenvalue weighted by atomic mass is 35.5. The van der Waals surface area contributed by atoms with Crippen molar-refractivity contribution in [2.24, 2.45) is 0 Å². The first kappa shape index (κ1) is 22.6. The lowest BCUT2D eigenvalue weighted by Gasteiger charge is -2.36. The average Bonchev–Trinajstić information content (AvgIpc) is 3.00. The molecule has 2 aromatic carbocycles. The third kappa shape index (κ3) is 4.19. The van der Waals surface area contributed by atoms with Crippen molar-refractivity contribution in [2.45, 2.75) is 39.3 Å². The van der Waals surface area contributed by atoms with Crippen LogP contribution < -0.4 is 0 Å². The Hall–Kier alpha value is -2.63. The topological polar surface area (TPSA) is 43.9 Å². The number of halogens is 1. The third-order valence-corrected chi connectivity index (χ3v) is 7.04. The molecule has 2 aromatic rings. The number of likely N-dealkylation sites (tertiary alicyclic amines) is 1. The van der Waals surface area contributed by atoms with Gasteiger partial charge in [-0.2, -0.15) is 0 Å². The van der Waals surface area contributed by atoms with Crippen molar-refractivity contribution >= 4 is 29.0 Å². The maximum Gasteiger partial charge on any atom is 0.278 e. The van der Waals surface area contributed by atoms with Crippen LogP contribution in [0.5, 0.6) is 0 Å². The van der Waals surface area contributed by atoms with Gasteiger partial charge in [0.1, 0.15) is 5.70 Å². The van der Waals surface area contributed by atoms with Crippen molar-refractivity contribution in [3.05, 3.63) is 75.4 Å². The largest absolute Gasteiger partial charge is 0.366 e. The van der Waals surface area contributed by atoms with E-state index in [1.807, 2.05) is 51.2 Å². The molecule has 168 valence electrons. The standard InChI is InChI=1S/C26H30ClN3O2/c1-17-9-10-21(18(2)15-17)23-24(29(4)20-11-13-28(3)14-12-20)26(32)30(25(23)31)16-19-7-5-6-8-22(19)27/h5-10,15,20H,11-14,16H2,1-4H3. The van der Waals surface area contributed by atoms with E-state index in [4.69, 9.17) is 11.6 Å². The maximum atomic E-state index is 13.7. The Kier molecular flexibility index (Phi) is 6.40. The Balaban J connectivity index is 1.76. The van der Waals surface area contributed by atoms with Crippen molar-refractivity contribution in [1.29, 1.82) is 0 Å². The minimum Gasteiger partial charge on any atom is -0.366 e. The van der Waals surface area contributed by atoms with Crippen molar-refractivity contribution in [1.82, 2.24) is 14.7 Å². The van der Waals surface area contributed by atoms with E-state index >= 15 is 0 Å². The molecule has 0 atom stereocenters. The number of amides is 2. The normalized spacial score (nSPS) is 18.1. The Bertz CT molecular complexity index is 1090. The smallest absolute Gasteiger partial charge is 0.278 e. The van der Waals surface area contributed by atoms with Gasteiger partial charge in [0.05, 0.1) is 12.1 Å². The quantitative estimate of drug-likeness (QED) is 0.637. The van der Waals surface area contributed by atoms with Gasteiger partial charge in [0, 0.05) is 18.1 Å². The molecule has 6 heteroatoms. The van der Waals surface area contributed by atoms with Crippen LogP contribution in [0.1, 0.15) is 35.1 Å². The van der Waals surface area contributed by atoms with Crippen molar-refractivity contribution in [3.63, 3.8) is 0 Å². The summed E-state index contributed by atoms with van der Waals surface area (Å²) < 4.78 is 0. The first-order valence-corrected chi connectivity index (χ1v) is 11.5. The lowest BCUT2D eigenvalue weighted by molar-refractivity contribution is -0.138. The number of aryl methyl sites for hydroxylation is 2. The van der Waals surface area contributed by atoms with Gasteiger partial charge in [-0.1, -0.05) is 53.6 Å². The summed E-state index contributed by atoms with van der Waals surface area (Å²) in [5.74, 6) is -0.497. The molecule has 2 aliphatic heterocycles. The zero-order chi connectivity index (χ0) is 23.0. The Morgan fingerprint density at radius 2 is 1.72 bits per heavy atom. The zero-order valence-electron chi connectivity index (χ0n) is 19.2. The van der Waals surface area contributed by atoms with Crippen molar-refractivity contribution in [2.75, 3.05) is 27.2 Å². The highest BCUT2D eigenvalue weighted by Gasteiger charge is 2.42. The summed E-state index contributed by atoms with van der Waals surface area (Å²) in [6.45, 7) is 6.15. The third-order valence-electron chi connectivity index (χ3n) is 6.67. The highest BCUT2D eigenvalue weighted by molar-refractivity contribution is 6.36. The number of hydrogen-bond acceptors (Lipinski definition) is 4. The van der Waals surface area contributed by atoms with Crippen LogP contribution in [0.25, 0.3) is 5.57 Å². The van der Waals surface area contributed by atoms with E-state index in [9.17, 15) is 9.59 Å². The van der Waals surface area contributed by atoms with Crippen LogP contribution in [0, 0.1) is 13.8 Å².